The van der Waals surface area contributed by atoms with Crippen molar-refractivity contribution in [2.75, 3.05) is 17.6 Å². The van der Waals surface area contributed by atoms with Crippen LogP contribution in [0.2, 0.25) is 0 Å². The summed E-state index contributed by atoms with van der Waals surface area (Å²) in [5.74, 6) is 0.932. The second kappa shape index (κ2) is 10.7. The first-order valence-corrected chi connectivity index (χ1v) is 13.7. The maximum absolute atomic E-state index is 12.4. The molecule has 192 valence electrons. The number of unbranched alkanes of at least 4 members (excludes halogenated alkanes) is 1. The highest BCUT2D eigenvalue weighted by Gasteiger charge is 2.47. The summed E-state index contributed by atoms with van der Waals surface area (Å²) in [6.45, 7) is 4.43. The zero-order valence-electron chi connectivity index (χ0n) is 20.5. The van der Waals surface area contributed by atoms with Gasteiger partial charge in [-0.1, -0.05) is 60.7 Å². The molecule has 2 aliphatic carbocycles. The molecule has 2 aliphatic rings. The van der Waals surface area contributed by atoms with Crippen molar-refractivity contribution in [2.45, 2.75) is 74.9 Å². The number of nitrogens with one attached hydrogen (secondary N) is 2. The largest absolute Gasteiger partial charge is 0.390 e. The highest BCUT2D eigenvalue weighted by Crippen LogP contribution is 2.43. The normalized spacial score (nSPS) is 27.3. The van der Waals surface area contributed by atoms with E-state index in [1.165, 1.54) is 5.56 Å². The van der Waals surface area contributed by atoms with Gasteiger partial charge in [-0.15, -0.1) is 5.10 Å². The van der Waals surface area contributed by atoms with Crippen molar-refractivity contribution in [1.29, 1.82) is 0 Å². The van der Waals surface area contributed by atoms with Gasteiger partial charge in [-0.3, -0.25) is 4.79 Å². The van der Waals surface area contributed by atoms with Crippen molar-refractivity contribution in [3.8, 4) is 0 Å². The van der Waals surface area contributed by atoms with Crippen LogP contribution >= 0.6 is 11.8 Å². The molecule has 2 unspecified atom stereocenters. The Morgan fingerprint density at radius 3 is 2.69 bits per heavy atom. The van der Waals surface area contributed by atoms with Crippen LogP contribution in [0, 0.1) is 5.92 Å². The summed E-state index contributed by atoms with van der Waals surface area (Å²) >= 11 is 1.58. The molecule has 0 spiro atoms. The van der Waals surface area contributed by atoms with E-state index in [9.17, 15) is 15.0 Å². The number of amides is 1. The van der Waals surface area contributed by atoms with Crippen molar-refractivity contribution in [2.24, 2.45) is 5.92 Å². The molecule has 6 atom stereocenters. The first kappa shape index (κ1) is 24.9. The van der Waals surface area contributed by atoms with Crippen molar-refractivity contribution in [3.05, 3.63) is 35.9 Å². The van der Waals surface area contributed by atoms with Crippen molar-refractivity contribution >= 4 is 34.7 Å². The lowest BCUT2D eigenvalue weighted by Gasteiger charge is -2.17. The number of rotatable bonds is 10. The van der Waals surface area contributed by atoms with Crippen LogP contribution in [0.5, 0.6) is 0 Å². The standard InChI is InChI=1S/C25H33N7O3S/c1-3-5-11-36-25-28-22(27-17-12-15(17)14-9-7-6-8-10-14)19-23(29-25)32(31-30-19)18-13-16(20(33)21(18)34)24(35)26-4-2/h6-10,15-18,20-21,33-34H,3-5,11-13H2,1-2H3,(H,26,35)(H,27,28,29)/t15?,16-,17?,18+,20+,21-/m1/s1. The lowest BCUT2D eigenvalue weighted by Crippen LogP contribution is -2.38. The average molecular weight is 512 g/mol. The topological polar surface area (TPSA) is 138 Å². The number of thioether (sulfide) groups is 1. The average Bonchev–Trinajstić information content (AvgIpc) is 3.42. The van der Waals surface area contributed by atoms with Gasteiger partial charge in [0.2, 0.25) is 5.91 Å². The van der Waals surface area contributed by atoms with Crippen LogP contribution in [0.1, 0.15) is 57.1 Å². The van der Waals surface area contributed by atoms with Gasteiger partial charge in [0.25, 0.3) is 0 Å². The van der Waals surface area contributed by atoms with Gasteiger partial charge < -0.3 is 20.8 Å². The highest BCUT2D eigenvalue weighted by atomic mass is 32.2. The van der Waals surface area contributed by atoms with E-state index >= 15 is 0 Å². The predicted molar refractivity (Wildman–Crippen MR) is 138 cm³/mol. The van der Waals surface area contributed by atoms with Gasteiger partial charge in [-0.2, -0.15) is 0 Å². The fraction of sp³-hybridized carbons (Fsp3) is 0.560. The van der Waals surface area contributed by atoms with E-state index in [2.05, 4.69) is 52.1 Å². The molecule has 2 fully saturated rings. The second-order valence-electron chi connectivity index (χ2n) is 9.55. The second-order valence-corrected chi connectivity index (χ2v) is 10.6. The maximum atomic E-state index is 12.4. The Morgan fingerprint density at radius 2 is 1.94 bits per heavy atom. The van der Waals surface area contributed by atoms with Crippen LogP contribution < -0.4 is 10.6 Å². The predicted octanol–water partition coefficient (Wildman–Crippen LogP) is 2.50. The van der Waals surface area contributed by atoms with Crippen molar-refractivity contribution in [3.63, 3.8) is 0 Å². The summed E-state index contributed by atoms with van der Waals surface area (Å²) in [4.78, 5) is 22.0. The molecule has 0 bridgehead atoms. The third-order valence-corrected chi connectivity index (χ3v) is 7.96. The number of nitrogens with zero attached hydrogens (tertiary/aromatic N) is 5. The molecule has 0 saturated heterocycles. The molecule has 4 N–H and O–H groups in total. The zero-order valence-corrected chi connectivity index (χ0v) is 21.4. The highest BCUT2D eigenvalue weighted by molar-refractivity contribution is 7.99. The molecule has 1 amide bonds. The Labute approximate surface area is 214 Å². The van der Waals surface area contributed by atoms with E-state index < -0.39 is 24.2 Å². The quantitative estimate of drug-likeness (QED) is 0.184. The first-order chi connectivity index (χ1) is 17.5. The molecule has 11 heteroatoms. The molecule has 3 aromatic rings. The number of benzene rings is 1. The molecule has 36 heavy (non-hydrogen) atoms. The molecule has 0 aliphatic heterocycles. The SMILES string of the molecule is CCCCSc1nc(NC2CC2c2ccccc2)c2nnn([C@H]3C[C@@H](C(=O)NCC)[C@H](O)[C@@H]3O)c2n1. The zero-order chi connectivity index (χ0) is 25.2. The van der Waals surface area contributed by atoms with Crippen LogP contribution in [0.15, 0.2) is 35.5 Å². The van der Waals surface area contributed by atoms with Crippen molar-refractivity contribution < 1.29 is 15.0 Å². The van der Waals surface area contributed by atoms with E-state index in [-0.39, 0.29) is 18.4 Å². The monoisotopic (exact) mass is 511 g/mol. The molecular formula is C25H33N7O3S. The summed E-state index contributed by atoms with van der Waals surface area (Å²) in [5.41, 5.74) is 2.31. The third-order valence-electron chi connectivity index (χ3n) is 7.03. The number of aliphatic hydroxyl groups excluding tert-OH is 2. The smallest absolute Gasteiger partial charge is 0.225 e. The van der Waals surface area contributed by atoms with Crippen LogP contribution in [-0.4, -0.2) is 71.6 Å². The number of carbonyl (C=O) groups is 1. The van der Waals surface area contributed by atoms with Gasteiger partial charge in [0.05, 0.1) is 18.1 Å². The minimum atomic E-state index is -1.18. The Kier molecular flexibility index (Phi) is 7.40. The lowest BCUT2D eigenvalue weighted by molar-refractivity contribution is -0.128. The van der Waals surface area contributed by atoms with Gasteiger partial charge in [0.15, 0.2) is 22.1 Å². The van der Waals surface area contributed by atoms with Crippen LogP contribution in [0.4, 0.5) is 5.82 Å². The van der Waals surface area contributed by atoms with Crippen LogP contribution in [0.25, 0.3) is 11.2 Å². The summed E-state index contributed by atoms with van der Waals surface area (Å²) in [6, 6.07) is 10.0. The van der Waals surface area contributed by atoms with Crippen molar-refractivity contribution in [1.82, 2.24) is 30.3 Å². The number of fused-ring (bicyclic) bond motifs is 1. The Hall–Kier alpha value is -2.76. The fourth-order valence-corrected chi connectivity index (χ4v) is 5.84. The molecule has 5 rings (SSSR count). The van der Waals surface area contributed by atoms with E-state index in [0.717, 1.165) is 25.0 Å². The fourth-order valence-electron chi connectivity index (χ4n) is 4.92. The maximum Gasteiger partial charge on any atom is 0.225 e. The number of carbonyl (C=O) groups excluding carboxylic acids is 1. The summed E-state index contributed by atoms with van der Waals surface area (Å²) < 4.78 is 1.56. The Morgan fingerprint density at radius 1 is 1.14 bits per heavy atom. The molecule has 10 nitrogen and oxygen atoms in total. The molecule has 0 radical (unpaired) electrons. The van der Waals surface area contributed by atoms with Gasteiger partial charge in [-0.25, -0.2) is 14.6 Å². The number of hydrogen-bond acceptors (Lipinski definition) is 9. The molecule has 1 aromatic carbocycles. The molecular weight excluding hydrogens is 478 g/mol. The van der Waals surface area contributed by atoms with E-state index in [1.807, 2.05) is 13.0 Å². The molecule has 2 aromatic heterocycles. The van der Waals surface area contributed by atoms with E-state index in [1.54, 1.807) is 16.4 Å². The van der Waals surface area contributed by atoms with E-state index in [4.69, 9.17) is 9.97 Å². The minimum absolute atomic E-state index is 0.241. The first-order valence-electron chi connectivity index (χ1n) is 12.7. The minimum Gasteiger partial charge on any atom is -0.390 e. The molecule has 2 heterocycles. The summed E-state index contributed by atoms with van der Waals surface area (Å²) in [6.07, 6.45) is 1.04. The Bertz CT molecular complexity index is 1210. The lowest BCUT2D eigenvalue weighted by atomic mass is 10.0. The summed E-state index contributed by atoms with van der Waals surface area (Å²) in [5, 5.41) is 37.0. The van der Waals surface area contributed by atoms with E-state index in [0.29, 0.717) is 34.6 Å². The molecule has 2 saturated carbocycles. The third kappa shape index (κ3) is 4.91. The number of anilines is 1. The van der Waals surface area contributed by atoms with Gasteiger partial charge in [-0.05, 0) is 31.7 Å². The van der Waals surface area contributed by atoms with Gasteiger partial charge in [0, 0.05) is 24.3 Å². The van der Waals surface area contributed by atoms with Gasteiger partial charge in [0.1, 0.15) is 6.10 Å². The number of aromatic nitrogens is 5. The van der Waals surface area contributed by atoms with Crippen LogP contribution in [0.3, 0.4) is 0 Å². The van der Waals surface area contributed by atoms with Gasteiger partial charge >= 0.3 is 0 Å². The Balaban J connectivity index is 1.44. The number of hydrogen-bond donors (Lipinski definition) is 4. The van der Waals surface area contributed by atoms with Crippen LogP contribution in [-0.2, 0) is 4.79 Å². The summed E-state index contributed by atoms with van der Waals surface area (Å²) in [7, 11) is 0. The number of aliphatic hydroxyl groups is 2.